The second kappa shape index (κ2) is 7.59. The summed E-state index contributed by atoms with van der Waals surface area (Å²) in [6.07, 6.45) is 4.08. The number of likely N-dealkylation sites (N-methyl/N-ethyl adjacent to an activating group) is 1. The molecular formula is C22H23FN8. The zero-order valence-electron chi connectivity index (χ0n) is 17.4. The highest BCUT2D eigenvalue weighted by Crippen LogP contribution is 2.31. The van der Waals surface area contributed by atoms with E-state index in [-0.39, 0.29) is 5.82 Å². The predicted octanol–water partition coefficient (Wildman–Crippen LogP) is 3.15. The van der Waals surface area contributed by atoms with Crippen molar-refractivity contribution >= 4 is 28.1 Å². The van der Waals surface area contributed by atoms with Gasteiger partial charge in [-0.15, -0.1) is 5.10 Å². The van der Waals surface area contributed by atoms with Crippen LogP contribution in [-0.4, -0.2) is 50.0 Å². The minimum atomic E-state index is -0.388. The van der Waals surface area contributed by atoms with Crippen LogP contribution in [0.3, 0.4) is 0 Å². The average molecular weight is 418 g/mol. The van der Waals surface area contributed by atoms with Crippen LogP contribution in [0.5, 0.6) is 0 Å². The molecule has 0 aliphatic carbocycles. The van der Waals surface area contributed by atoms with Crippen molar-refractivity contribution in [1.82, 2.24) is 29.9 Å². The topological polar surface area (TPSA) is 97.8 Å². The molecule has 0 bridgehead atoms. The van der Waals surface area contributed by atoms with Crippen molar-refractivity contribution in [3.05, 3.63) is 53.7 Å². The molecule has 1 aliphatic heterocycles. The van der Waals surface area contributed by atoms with E-state index in [1.165, 1.54) is 18.0 Å². The summed E-state index contributed by atoms with van der Waals surface area (Å²) < 4.78 is 16.8. The molecule has 1 aliphatic rings. The number of halogens is 1. The normalized spacial score (nSPS) is 14.4. The third-order valence-corrected chi connectivity index (χ3v) is 5.77. The van der Waals surface area contributed by atoms with E-state index in [9.17, 15) is 4.39 Å². The van der Waals surface area contributed by atoms with E-state index >= 15 is 0 Å². The molecule has 1 aromatic carbocycles. The molecule has 4 aromatic rings. The predicted molar refractivity (Wildman–Crippen MR) is 119 cm³/mol. The standard InChI is InChI=1S/C22H23FN8/c1-13-19(24)12-26-28-22(13)17-7-14-9-20(25-11-15(14)8-18(17)23)27-21-10-16-3-4-30(2)5-6-31(16)29-21/h7-12H,3-6H2,1-2H3,(H2,24,28)(H,25,27,29). The van der Waals surface area contributed by atoms with Gasteiger partial charge in [0.25, 0.3) is 0 Å². The largest absolute Gasteiger partial charge is 0.397 e. The fourth-order valence-electron chi connectivity index (χ4n) is 3.85. The molecule has 158 valence electrons. The number of benzene rings is 1. The molecule has 31 heavy (non-hydrogen) atoms. The minimum absolute atomic E-state index is 0.361. The molecule has 0 unspecified atom stereocenters. The highest BCUT2D eigenvalue weighted by molar-refractivity contribution is 5.89. The number of pyridine rings is 1. The van der Waals surface area contributed by atoms with Crippen molar-refractivity contribution in [3.63, 3.8) is 0 Å². The van der Waals surface area contributed by atoms with E-state index < -0.39 is 0 Å². The van der Waals surface area contributed by atoms with E-state index in [2.05, 4.69) is 43.6 Å². The van der Waals surface area contributed by atoms with Crippen LogP contribution in [0.1, 0.15) is 11.3 Å². The molecule has 3 aromatic heterocycles. The monoisotopic (exact) mass is 418 g/mol. The first-order valence-corrected chi connectivity index (χ1v) is 10.2. The summed E-state index contributed by atoms with van der Waals surface area (Å²) >= 11 is 0. The Morgan fingerprint density at radius 1 is 1.03 bits per heavy atom. The van der Waals surface area contributed by atoms with E-state index in [1.807, 2.05) is 17.7 Å². The number of nitrogens with two attached hydrogens (primary N) is 1. The van der Waals surface area contributed by atoms with Crippen molar-refractivity contribution in [2.75, 3.05) is 31.2 Å². The molecule has 5 rings (SSSR count). The first kappa shape index (κ1) is 19.4. The number of aromatic nitrogens is 5. The molecular weight excluding hydrogens is 395 g/mol. The van der Waals surface area contributed by atoms with Crippen LogP contribution in [0.2, 0.25) is 0 Å². The summed E-state index contributed by atoms with van der Waals surface area (Å²) in [6.45, 7) is 4.66. The van der Waals surface area contributed by atoms with Crippen LogP contribution in [0, 0.1) is 12.7 Å². The summed E-state index contributed by atoms with van der Waals surface area (Å²) in [6, 6.07) is 7.16. The number of rotatable bonds is 3. The number of hydrogen-bond acceptors (Lipinski definition) is 7. The average Bonchev–Trinajstić information content (AvgIpc) is 3.05. The second-order valence-corrected chi connectivity index (χ2v) is 7.94. The highest BCUT2D eigenvalue weighted by Gasteiger charge is 2.16. The van der Waals surface area contributed by atoms with Gasteiger partial charge in [-0.2, -0.15) is 10.2 Å². The first-order valence-electron chi connectivity index (χ1n) is 10.2. The number of hydrogen-bond donors (Lipinski definition) is 2. The SMILES string of the molecule is Cc1c(N)cnnc1-c1cc2cc(Nc3cc4n(n3)CCN(C)CC4)ncc2cc1F. The lowest BCUT2D eigenvalue weighted by Gasteiger charge is -2.11. The number of nitrogen functional groups attached to an aromatic ring is 1. The Bertz CT molecular complexity index is 1260. The first-order chi connectivity index (χ1) is 15.0. The molecule has 3 N–H and O–H groups in total. The second-order valence-electron chi connectivity index (χ2n) is 7.94. The fourth-order valence-corrected chi connectivity index (χ4v) is 3.85. The minimum Gasteiger partial charge on any atom is -0.397 e. The van der Waals surface area contributed by atoms with Gasteiger partial charge in [-0.1, -0.05) is 0 Å². The van der Waals surface area contributed by atoms with Gasteiger partial charge >= 0.3 is 0 Å². The van der Waals surface area contributed by atoms with E-state index in [1.54, 1.807) is 12.3 Å². The van der Waals surface area contributed by atoms with E-state index in [0.717, 1.165) is 37.3 Å². The van der Waals surface area contributed by atoms with Crippen molar-refractivity contribution in [1.29, 1.82) is 0 Å². The lowest BCUT2D eigenvalue weighted by Crippen LogP contribution is -2.21. The Morgan fingerprint density at radius 2 is 1.90 bits per heavy atom. The van der Waals surface area contributed by atoms with Gasteiger partial charge in [-0.3, -0.25) is 4.68 Å². The van der Waals surface area contributed by atoms with Gasteiger partial charge in [0.05, 0.1) is 18.4 Å². The van der Waals surface area contributed by atoms with Gasteiger partial charge in [0.1, 0.15) is 17.3 Å². The fraction of sp³-hybridized carbons (Fsp3) is 0.273. The van der Waals surface area contributed by atoms with Gasteiger partial charge in [0.2, 0.25) is 0 Å². The van der Waals surface area contributed by atoms with Crippen LogP contribution in [0.4, 0.5) is 21.7 Å². The van der Waals surface area contributed by atoms with Gasteiger partial charge in [0.15, 0.2) is 5.82 Å². The van der Waals surface area contributed by atoms with E-state index in [4.69, 9.17) is 5.73 Å². The zero-order chi connectivity index (χ0) is 21.5. The van der Waals surface area contributed by atoms with Crippen molar-refractivity contribution in [3.8, 4) is 11.3 Å². The van der Waals surface area contributed by atoms with Gasteiger partial charge in [0, 0.05) is 54.0 Å². The maximum absolute atomic E-state index is 14.8. The molecule has 8 nitrogen and oxygen atoms in total. The highest BCUT2D eigenvalue weighted by atomic mass is 19.1. The maximum Gasteiger partial charge on any atom is 0.153 e. The number of nitrogens with zero attached hydrogens (tertiary/aromatic N) is 6. The Morgan fingerprint density at radius 3 is 2.77 bits per heavy atom. The smallest absolute Gasteiger partial charge is 0.153 e. The molecule has 0 fully saturated rings. The van der Waals surface area contributed by atoms with Crippen molar-refractivity contribution in [2.45, 2.75) is 19.9 Å². The molecule has 9 heteroatoms. The third kappa shape index (κ3) is 3.68. The Kier molecular flexibility index (Phi) is 4.74. The summed E-state index contributed by atoms with van der Waals surface area (Å²) in [5, 5.41) is 17.5. The summed E-state index contributed by atoms with van der Waals surface area (Å²) in [5.74, 6) is 1.01. The van der Waals surface area contributed by atoms with Crippen molar-refractivity contribution in [2.24, 2.45) is 0 Å². The summed E-state index contributed by atoms with van der Waals surface area (Å²) in [5.41, 5.74) is 9.11. The summed E-state index contributed by atoms with van der Waals surface area (Å²) in [4.78, 5) is 6.73. The lowest BCUT2D eigenvalue weighted by atomic mass is 10.0. The molecule has 0 spiro atoms. The molecule has 0 saturated carbocycles. The van der Waals surface area contributed by atoms with Crippen LogP contribution >= 0.6 is 0 Å². The van der Waals surface area contributed by atoms with Gasteiger partial charge in [-0.25, -0.2) is 9.37 Å². The maximum atomic E-state index is 14.8. The number of anilines is 3. The van der Waals surface area contributed by atoms with Gasteiger partial charge in [-0.05, 0) is 37.6 Å². The van der Waals surface area contributed by atoms with Crippen LogP contribution in [0.15, 0.2) is 36.7 Å². The van der Waals surface area contributed by atoms with Crippen LogP contribution in [-0.2, 0) is 13.0 Å². The Labute approximate surface area is 178 Å². The van der Waals surface area contributed by atoms with Crippen LogP contribution in [0.25, 0.3) is 22.0 Å². The molecule has 0 radical (unpaired) electrons. The summed E-state index contributed by atoms with van der Waals surface area (Å²) in [7, 11) is 2.12. The third-order valence-electron chi connectivity index (χ3n) is 5.77. The zero-order valence-corrected chi connectivity index (χ0v) is 17.4. The Hall–Kier alpha value is -3.59. The number of nitrogens with one attached hydrogen (secondary N) is 1. The number of fused-ring (bicyclic) bond motifs is 2. The van der Waals surface area contributed by atoms with Crippen molar-refractivity contribution < 1.29 is 4.39 Å². The Balaban J connectivity index is 1.48. The molecule has 4 heterocycles. The van der Waals surface area contributed by atoms with E-state index in [0.29, 0.717) is 33.7 Å². The molecule has 0 amide bonds. The quantitative estimate of drug-likeness (QED) is 0.527. The molecule has 0 saturated heterocycles. The molecule has 0 atom stereocenters. The van der Waals surface area contributed by atoms with Gasteiger partial charge < -0.3 is 16.0 Å². The lowest BCUT2D eigenvalue weighted by molar-refractivity contribution is 0.337. The van der Waals surface area contributed by atoms with Crippen LogP contribution < -0.4 is 11.1 Å².